The summed E-state index contributed by atoms with van der Waals surface area (Å²) < 4.78 is 5.32. The quantitative estimate of drug-likeness (QED) is 0.672. The summed E-state index contributed by atoms with van der Waals surface area (Å²) in [5.74, 6) is -0.0509. The van der Waals surface area contributed by atoms with Crippen LogP contribution in [-0.2, 0) is 22.4 Å². The first-order valence-electron chi connectivity index (χ1n) is 11.1. The van der Waals surface area contributed by atoms with Gasteiger partial charge in [-0.3, -0.25) is 9.69 Å². The molecule has 0 saturated carbocycles. The lowest BCUT2D eigenvalue weighted by molar-refractivity contribution is -0.150. The van der Waals surface area contributed by atoms with Crippen molar-refractivity contribution >= 4 is 11.5 Å². The van der Waals surface area contributed by atoms with Crippen LogP contribution in [0.4, 0.5) is 0 Å². The fraction of sp³-hybridized carbons (Fsp3) is 0.423. The first-order chi connectivity index (χ1) is 14.3. The minimum Gasteiger partial charge on any atom is -0.465 e. The number of benzene rings is 2. The number of hydrogen-bond donors (Lipinski definition) is 0. The van der Waals surface area contributed by atoms with Gasteiger partial charge in [0.05, 0.1) is 6.61 Å². The minimum atomic E-state index is -0.0733. The molecule has 1 atom stereocenters. The van der Waals surface area contributed by atoms with Crippen molar-refractivity contribution in [2.45, 2.75) is 51.5 Å². The van der Waals surface area contributed by atoms with Gasteiger partial charge in [-0.05, 0) is 73.4 Å². The first-order valence-corrected chi connectivity index (χ1v) is 11.1. The molecule has 0 amide bonds. The van der Waals surface area contributed by atoms with Crippen LogP contribution < -0.4 is 0 Å². The zero-order chi connectivity index (χ0) is 20.1. The molecular formula is C26H31NO2. The smallest absolute Gasteiger partial charge is 0.323 e. The Balaban J connectivity index is 1.57. The Bertz CT molecular complexity index is 836. The van der Waals surface area contributed by atoms with Crippen molar-refractivity contribution in [3.05, 3.63) is 76.9 Å². The monoisotopic (exact) mass is 389 g/mol. The van der Waals surface area contributed by atoms with E-state index < -0.39 is 0 Å². The van der Waals surface area contributed by atoms with Crippen LogP contribution in [0.25, 0.3) is 5.57 Å². The van der Waals surface area contributed by atoms with Crippen LogP contribution in [-0.4, -0.2) is 36.6 Å². The van der Waals surface area contributed by atoms with Gasteiger partial charge >= 0.3 is 5.97 Å². The number of carbonyl (C=O) groups is 1. The second-order valence-electron chi connectivity index (χ2n) is 8.02. The molecule has 1 aliphatic heterocycles. The van der Waals surface area contributed by atoms with Gasteiger partial charge in [0.15, 0.2) is 0 Å². The van der Waals surface area contributed by atoms with Crippen LogP contribution in [0.2, 0.25) is 0 Å². The van der Waals surface area contributed by atoms with Crippen molar-refractivity contribution in [3.8, 4) is 0 Å². The summed E-state index contributed by atoms with van der Waals surface area (Å²) in [6.45, 7) is 4.23. The summed E-state index contributed by atoms with van der Waals surface area (Å²) >= 11 is 0. The molecule has 3 nitrogen and oxygen atoms in total. The highest BCUT2D eigenvalue weighted by Crippen LogP contribution is 2.33. The summed E-state index contributed by atoms with van der Waals surface area (Å²) in [6, 6.07) is 17.5. The number of piperidine rings is 1. The molecule has 29 heavy (non-hydrogen) atoms. The third-order valence-electron chi connectivity index (χ3n) is 6.22. The van der Waals surface area contributed by atoms with Crippen LogP contribution in [0, 0.1) is 0 Å². The lowest BCUT2D eigenvalue weighted by Gasteiger charge is -2.33. The van der Waals surface area contributed by atoms with E-state index in [0.717, 1.165) is 51.6 Å². The average Bonchev–Trinajstić information content (AvgIpc) is 2.92. The molecule has 1 saturated heterocycles. The number of hydrogen-bond acceptors (Lipinski definition) is 3. The van der Waals surface area contributed by atoms with E-state index in [0.29, 0.717) is 6.61 Å². The molecule has 2 aromatic rings. The van der Waals surface area contributed by atoms with Gasteiger partial charge in [-0.15, -0.1) is 0 Å². The van der Waals surface area contributed by atoms with Crippen LogP contribution in [0.15, 0.2) is 54.6 Å². The lowest BCUT2D eigenvalue weighted by Crippen LogP contribution is -2.45. The number of esters is 1. The summed E-state index contributed by atoms with van der Waals surface area (Å²) in [5, 5.41) is 0. The number of fused-ring (bicyclic) bond motifs is 2. The van der Waals surface area contributed by atoms with Gasteiger partial charge < -0.3 is 4.74 Å². The SMILES string of the molecule is CCOC(=O)C1CCCCN1CCC=C1c2ccccc2CCc2ccccc21. The van der Waals surface area contributed by atoms with Crippen molar-refractivity contribution < 1.29 is 9.53 Å². The van der Waals surface area contributed by atoms with E-state index in [9.17, 15) is 4.79 Å². The highest BCUT2D eigenvalue weighted by atomic mass is 16.5. The molecule has 152 valence electrons. The molecule has 0 radical (unpaired) electrons. The van der Waals surface area contributed by atoms with E-state index in [2.05, 4.69) is 59.5 Å². The van der Waals surface area contributed by atoms with Gasteiger partial charge in [-0.2, -0.15) is 0 Å². The summed E-state index contributed by atoms with van der Waals surface area (Å²) in [5.41, 5.74) is 6.92. The maximum Gasteiger partial charge on any atom is 0.323 e. The fourth-order valence-corrected chi connectivity index (χ4v) is 4.78. The van der Waals surface area contributed by atoms with E-state index in [1.807, 2.05) is 6.92 Å². The van der Waals surface area contributed by atoms with Gasteiger partial charge in [0.2, 0.25) is 0 Å². The lowest BCUT2D eigenvalue weighted by atomic mass is 9.93. The van der Waals surface area contributed by atoms with Gasteiger partial charge in [0.1, 0.15) is 6.04 Å². The highest BCUT2D eigenvalue weighted by Gasteiger charge is 2.29. The molecule has 0 N–H and O–H groups in total. The predicted octanol–water partition coefficient (Wildman–Crippen LogP) is 5.02. The number of likely N-dealkylation sites (tertiary alicyclic amines) is 1. The first kappa shape index (κ1) is 19.9. The Hall–Kier alpha value is -2.39. The third-order valence-corrected chi connectivity index (χ3v) is 6.22. The molecular weight excluding hydrogens is 358 g/mol. The maximum absolute atomic E-state index is 12.4. The largest absolute Gasteiger partial charge is 0.465 e. The molecule has 0 spiro atoms. The summed E-state index contributed by atoms with van der Waals surface area (Å²) in [4.78, 5) is 14.7. The zero-order valence-electron chi connectivity index (χ0n) is 17.4. The van der Waals surface area contributed by atoms with Crippen molar-refractivity contribution in [1.82, 2.24) is 4.90 Å². The predicted molar refractivity (Wildman–Crippen MR) is 118 cm³/mol. The minimum absolute atomic E-state index is 0.0509. The Morgan fingerprint density at radius 3 is 2.34 bits per heavy atom. The van der Waals surface area contributed by atoms with Gasteiger partial charge in [0.25, 0.3) is 0 Å². The van der Waals surface area contributed by atoms with E-state index in [-0.39, 0.29) is 12.0 Å². The van der Waals surface area contributed by atoms with Crippen molar-refractivity contribution in [3.63, 3.8) is 0 Å². The number of aryl methyl sites for hydroxylation is 2. The number of rotatable bonds is 5. The Morgan fingerprint density at radius 1 is 1.03 bits per heavy atom. The normalized spacial score (nSPS) is 19.1. The Kier molecular flexibility index (Phi) is 6.46. The Morgan fingerprint density at radius 2 is 1.69 bits per heavy atom. The molecule has 1 aliphatic carbocycles. The van der Waals surface area contributed by atoms with Crippen LogP contribution in [0.5, 0.6) is 0 Å². The molecule has 1 fully saturated rings. The van der Waals surface area contributed by atoms with Gasteiger partial charge in [-0.25, -0.2) is 0 Å². The summed E-state index contributed by atoms with van der Waals surface area (Å²) in [7, 11) is 0. The van der Waals surface area contributed by atoms with Gasteiger partial charge in [0, 0.05) is 6.54 Å². The van der Waals surface area contributed by atoms with Gasteiger partial charge in [-0.1, -0.05) is 61.0 Å². The molecule has 0 aromatic heterocycles. The van der Waals surface area contributed by atoms with Crippen LogP contribution >= 0.6 is 0 Å². The zero-order valence-corrected chi connectivity index (χ0v) is 17.4. The van der Waals surface area contributed by atoms with E-state index in [1.165, 1.54) is 27.8 Å². The second-order valence-corrected chi connectivity index (χ2v) is 8.02. The second kappa shape index (κ2) is 9.41. The van der Waals surface area contributed by atoms with E-state index >= 15 is 0 Å². The number of carbonyl (C=O) groups excluding carboxylic acids is 1. The standard InChI is InChI=1S/C26H31NO2/c1-2-29-26(28)25-15-7-8-18-27(25)19-9-14-24-22-12-5-3-10-20(22)16-17-21-11-4-6-13-23(21)24/h3-6,10-14,25H,2,7-9,15-19H2,1H3. The van der Waals surface area contributed by atoms with Crippen molar-refractivity contribution in [2.24, 2.45) is 0 Å². The average molecular weight is 390 g/mol. The topological polar surface area (TPSA) is 29.5 Å². The van der Waals surface area contributed by atoms with E-state index in [1.54, 1.807) is 0 Å². The fourth-order valence-electron chi connectivity index (χ4n) is 4.78. The highest BCUT2D eigenvalue weighted by molar-refractivity contribution is 5.84. The third kappa shape index (κ3) is 4.45. The van der Waals surface area contributed by atoms with Crippen LogP contribution in [0.1, 0.15) is 54.9 Å². The number of nitrogens with zero attached hydrogens (tertiary/aromatic N) is 1. The molecule has 2 aromatic carbocycles. The molecule has 4 rings (SSSR count). The van der Waals surface area contributed by atoms with Crippen molar-refractivity contribution in [2.75, 3.05) is 19.7 Å². The Labute approximate surface area is 174 Å². The number of ether oxygens (including phenoxy) is 1. The molecule has 3 heteroatoms. The summed E-state index contributed by atoms with van der Waals surface area (Å²) in [6.07, 6.45) is 8.69. The molecule has 2 aliphatic rings. The molecule has 1 heterocycles. The molecule has 1 unspecified atom stereocenters. The molecule has 0 bridgehead atoms. The van der Waals surface area contributed by atoms with E-state index in [4.69, 9.17) is 4.74 Å². The maximum atomic E-state index is 12.4. The van der Waals surface area contributed by atoms with Crippen LogP contribution in [0.3, 0.4) is 0 Å². The van der Waals surface area contributed by atoms with Crippen molar-refractivity contribution in [1.29, 1.82) is 0 Å².